The lowest BCUT2D eigenvalue weighted by Crippen LogP contribution is -2.52. The van der Waals surface area contributed by atoms with Crippen LogP contribution in [0.15, 0.2) is 42.5 Å². The molecule has 0 saturated carbocycles. The van der Waals surface area contributed by atoms with E-state index in [0.29, 0.717) is 55.2 Å². The zero-order chi connectivity index (χ0) is 25.5. The standard InChI is InChI=1S/C25H28N4O4/c30-23-9-8-22(24(31)27-23)29-16-20-19(25(29)32)6-3-7-21(20)26-14-17-4-1-2-5-18(17)15-28-10-12-33-13-11-28/h1-7,22,26H,8-16H2,(H,27,30,31)/i15D2,22D. The monoisotopic (exact) mass is 451 g/mol. The Labute approximate surface area is 197 Å². The highest BCUT2D eigenvalue weighted by atomic mass is 16.5. The molecule has 0 spiro atoms. The SMILES string of the molecule is [2H]C1(N2Cc3c(NCc4ccccc4C([2H])([2H])N4CCOCC4)cccc3C2=O)CCC(=O)NC1=O. The predicted molar refractivity (Wildman–Crippen MR) is 122 cm³/mol. The van der Waals surface area contributed by atoms with Gasteiger partial charge in [0.2, 0.25) is 11.8 Å². The van der Waals surface area contributed by atoms with Crippen molar-refractivity contribution >= 4 is 23.4 Å². The Kier molecular flexibility index (Phi) is 5.15. The molecule has 0 aliphatic carbocycles. The van der Waals surface area contributed by atoms with Gasteiger partial charge in [0.15, 0.2) is 0 Å². The molecule has 2 N–H and O–H groups in total. The minimum atomic E-state index is -1.85. The number of fused-ring (bicyclic) bond motifs is 1. The van der Waals surface area contributed by atoms with Crippen LogP contribution in [-0.2, 0) is 33.9 Å². The Morgan fingerprint density at radius 1 is 1.09 bits per heavy atom. The molecular formula is C25H28N4O4. The minimum Gasteiger partial charge on any atom is -0.381 e. The van der Waals surface area contributed by atoms with Gasteiger partial charge >= 0.3 is 0 Å². The van der Waals surface area contributed by atoms with Crippen LogP contribution in [0.25, 0.3) is 0 Å². The van der Waals surface area contributed by atoms with Gasteiger partial charge in [-0.05, 0) is 29.7 Å². The van der Waals surface area contributed by atoms with Crippen molar-refractivity contribution in [2.45, 2.75) is 38.4 Å². The molecule has 3 aliphatic heterocycles. The molecule has 1 atom stereocenters. The Morgan fingerprint density at radius 3 is 2.67 bits per heavy atom. The molecule has 8 nitrogen and oxygen atoms in total. The van der Waals surface area contributed by atoms with E-state index in [1.54, 1.807) is 23.1 Å². The number of carbonyl (C=O) groups excluding carboxylic acids is 3. The number of nitrogens with one attached hydrogen (secondary N) is 2. The van der Waals surface area contributed by atoms with Gasteiger partial charge in [-0.3, -0.25) is 24.6 Å². The third-order valence-corrected chi connectivity index (χ3v) is 6.17. The first-order chi connectivity index (χ1) is 17.2. The first kappa shape index (κ1) is 18.2. The lowest BCUT2D eigenvalue weighted by Gasteiger charge is -2.29. The number of hydrogen-bond acceptors (Lipinski definition) is 6. The van der Waals surface area contributed by atoms with E-state index in [1.807, 2.05) is 24.3 Å². The van der Waals surface area contributed by atoms with Crippen molar-refractivity contribution in [3.63, 3.8) is 0 Å². The van der Waals surface area contributed by atoms with Gasteiger partial charge in [-0.1, -0.05) is 30.3 Å². The summed E-state index contributed by atoms with van der Waals surface area (Å²) in [6.45, 7) is 0.718. The van der Waals surface area contributed by atoms with Crippen LogP contribution in [0.5, 0.6) is 0 Å². The third kappa shape index (κ3) is 4.49. The molecule has 0 radical (unpaired) electrons. The Balaban J connectivity index is 1.37. The maximum absolute atomic E-state index is 13.2. The fourth-order valence-electron chi connectivity index (χ4n) is 4.40. The number of carbonyl (C=O) groups is 3. The molecule has 3 aliphatic rings. The van der Waals surface area contributed by atoms with E-state index in [2.05, 4.69) is 10.6 Å². The number of morpholine rings is 1. The van der Waals surface area contributed by atoms with E-state index in [1.165, 1.54) is 4.90 Å². The number of benzene rings is 2. The average Bonchev–Trinajstić information content (AvgIpc) is 3.23. The molecule has 8 heteroatoms. The van der Waals surface area contributed by atoms with Gasteiger partial charge in [0, 0.05) is 58.7 Å². The van der Waals surface area contributed by atoms with Crippen LogP contribution in [-0.4, -0.2) is 59.8 Å². The summed E-state index contributed by atoms with van der Waals surface area (Å²) < 4.78 is 31.7. The average molecular weight is 452 g/mol. The smallest absolute Gasteiger partial charge is 0.255 e. The van der Waals surface area contributed by atoms with Gasteiger partial charge in [-0.15, -0.1) is 0 Å². The second-order valence-corrected chi connectivity index (χ2v) is 8.27. The van der Waals surface area contributed by atoms with Gasteiger partial charge in [0.1, 0.15) is 6.02 Å². The van der Waals surface area contributed by atoms with Gasteiger partial charge < -0.3 is 15.0 Å². The minimum absolute atomic E-state index is 0.00238. The molecule has 1 unspecified atom stereocenters. The summed E-state index contributed by atoms with van der Waals surface area (Å²) in [6, 6.07) is 10.7. The van der Waals surface area contributed by atoms with Crippen molar-refractivity contribution in [3.05, 3.63) is 64.7 Å². The van der Waals surface area contributed by atoms with E-state index < -0.39 is 30.2 Å². The second-order valence-electron chi connectivity index (χ2n) is 8.27. The number of rotatable bonds is 6. The third-order valence-electron chi connectivity index (χ3n) is 6.17. The van der Waals surface area contributed by atoms with Crippen molar-refractivity contribution in [2.75, 3.05) is 31.6 Å². The number of anilines is 1. The summed E-state index contributed by atoms with van der Waals surface area (Å²) >= 11 is 0. The van der Waals surface area contributed by atoms with Gasteiger partial charge in [0.05, 0.1) is 14.6 Å². The van der Waals surface area contributed by atoms with E-state index >= 15 is 0 Å². The van der Waals surface area contributed by atoms with Crippen LogP contribution >= 0.6 is 0 Å². The number of nitrogens with zero attached hydrogens (tertiary/aromatic N) is 2. The fourth-order valence-corrected chi connectivity index (χ4v) is 4.40. The van der Waals surface area contributed by atoms with Crippen molar-refractivity contribution in [1.29, 1.82) is 0 Å². The van der Waals surface area contributed by atoms with Gasteiger partial charge in [-0.2, -0.15) is 0 Å². The summed E-state index contributed by atoms with van der Waals surface area (Å²) in [5.74, 6) is -1.64. The lowest BCUT2D eigenvalue weighted by atomic mass is 10.0. The highest BCUT2D eigenvalue weighted by molar-refractivity contribution is 6.06. The maximum atomic E-state index is 13.2. The molecule has 3 amide bonds. The van der Waals surface area contributed by atoms with Gasteiger partial charge in [-0.25, -0.2) is 0 Å². The zero-order valence-corrected chi connectivity index (χ0v) is 18.2. The molecule has 0 bridgehead atoms. The molecule has 2 aromatic carbocycles. The van der Waals surface area contributed by atoms with E-state index in [9.17, 15) is 14.4 Å². The largest absolute Gasteiger partial charge is 0.381 e. The van der Waals surface area contributed by atoms with E-state index in [-0.39, 0.29) is 19.4 Å². The van der Waals surface area contributed by atoms with Crippen LogP contribution in [0.2, 0.25) is 0 Å². The highest BCUT2D eigenvalue weighted by Gasteiger charge is 2.39. The van der Waals surface area contributed by atoms with Crippen LogP contribution in [0.3, 0.4) is 0 Å². The highest BCUT2D eigenvalue weighted by Crippen LogP contribution is 2.32. The summed E-state index contributed by atoms with van der Waals surface area (Å²) in [6.07, 6.45) is -0.0491. The quantitative estimate of drug-likeness (QED) is 0.652. The molecular weight excluding hydrogens is 420 g/mol. The zero-order valence-electron chi connectivity index (χ0n) is 21.2. The molecule has 172 valence electrons. The first-order valence-electron chi connectivity index (χ1n) is 12.6. The van der Waals surface area contributed by atoms with E-state index in [0.717, 1.165) is 5.56 Å². The fraction of sp³-hybridized carbons (Fsp3) is 0.400. The molecule has 5 rings (SSSR count). The number of ether oxygens (including phenoxy) is 1. The second kappa shape index (κ2) is 9.33. The van der Waals surface area contributed by atoms with Crippen molar-refractivity contribution in [3.8, 4) is 0 Å². The summed E-state index contributed by atoms with van der Waals surface area (Å²) in [5.41, 5.74) is 3.12. The molecule has 0 aromatic heterocycles. The number of imide groups is 1. The summed E-state index contributed by atoms with van der Waals surface area (Å²) in [5, 5.41) is 5.53. The van der Waals surface area contributed by atoms with Crippen molar-refractivity contribution < 1.29 is 23.2 Å². The Bertz CT molecular complexity index is 1220. The van der Waals surface area contributed by atoms with Crippen molar-refractivity contribution in [2.24, 2.45) is 0 Å². The molecule has 2 fully saturated rings. The maximum Gasteiger partial charge on any atom is 0.255 e. The number of piperidine rings is 1. The summed E-state index contributed by atoms with van der Waals surface area (Å²) in [4.78, 5) is 40.2. The van der Waals surface area contributed by atoms with Crippen LogP contribution in [0, 0.1) is 0 Å². The number of hydrogen-bond donors (Lipinski definition) is 2. The van der Waals surface area contributed by atoms with Crippen LogP contribution < -0.4 is 10.6 Å². The Hall–Kier alpha value is -3.23. The molecule has 3 heterocycles. The number of amides is 3. The normalized spacial score (nSPS) is 25.2. The van der Waals surface area contributed by atoms with Gasteiger partial charge in [0.25, 0.3) is 5.91 Å². The van der Waals surface area contributed by atoms with Crippen molar-refractivity contribution in [1.82, 2.24) is 15.1 Å². The molecule has 2 saturated heterocycles. The van der Waals surface area contributed by atoms with E-state index in [4.69, 9.17) is 8.85 Å². The molecule has 2 aromatic rings. The topological polar surface area (TPSA) is 91.0 Å². The van der Waals surface area contributed by atoms with Crippen LogP contribution in [0.4, 0.5) is 5.69 Å². The predicted octanol–water partition coefficient (Wildman–Crippen LogP) is 1.89. The lowest BCUT2D eigenvalue weighted by molar-refractivity contribution is -0.136. The summed E-state index contributed by atoms with van der Waals surface area (Å²) in [7, 11) is 0. The molecule has 33 heavy (non-hydrogen) atoms. The Morgan fingerprint density at radius 2 is 1.88 bits per heavy atom. The first-order valence-corrected chi connectivity index (χ1v) is 11.1. The van der Waals surface area contributed by atoms with Crippen LogP contribution in [0.1, 0.15) is 44.0 Å².